The zero-order chi connectivity index (χ0) is 13.0. The van der Waals surface area contributed by atoms with Crippen molar-refractivity contribution in [3.63, 3.8) is 0 Å². The van der Waals surface area contributed by atoms with E-state index in [0.29, 0.717) is 0 Å². The molecule has 96 valence electrons. The number of rotatable bonds is 5. The average Bonchev–Trinajstić information content (AvgIpc) is 2.77. The van der Waals surface area contributed by atoms with Crippen molar-refractivity contribution in [3.8, 4) is 10.6 Å². The summed E-state index contributed by atoms with van der Waals surface area (Å²) in [7, 11) is 0. The Kier molecular flexibility index (Phi) is 4.86. The minimum atomic E-state index is -0.250. The SMILES string of the molecule is CCCNCc1csc(-c2cc(F)cc(Br)c2)n1. The molecule has 18 heavy (non-hydrogen) atoms. The van der Waals surface area contributed by atoms with Gasteiger partial charge in [0.05, 0.1) is 5.69 Å². The van der Waals surface area contributed by atoms with Crippen molar-refractivity contribution in [2.24, 2.45) is 0 Å². The van der Waals surface area contributed by atoms with Crippen LogP contribution < -0.4 is 5.32 Å². The highest BCUT2D eigenvalue weighted by Gasteiger charge is 2.07. The molecule has 0 aliphatic rings. The van der Waals surface area contributed by atoms with Crippen molar-refractivity contribution in [3.05, 3.63) is 39.6 Å². The lowest BCUT2D eigenvalue weighted by atomic mass is 10.2. The second-order valence-electron chi connectivity index (χ2n) is 3.98. The van der Waals surface area contributed by atoms with Crippen LogP contribution in [0.5, 0.6) is 0 Å². The summed E-state index contributed by atoms with van der Waals surface area (Å²) in [5, 5.41) is 6.16. The van der Waals surface area contributed by atoms with Gasteiger partial charge in [-0.15, -0.1) is 11.3 Å². The van der Waals surface area contributed by atoms with Crippen molar-refractivity contribution in [1.29, 1.82) is 0 Å². The zero-order valence-corrected chi connectivity index (χ0v) is 12.4. The molecule has 0 radical (unpaired) electrons. The molecule has 0 saturated carbocycles. The Balaban J connectivity index is 2.13. The van der Waals surface area contributed by atoms with Crippen molar-refractivity contribution in [2.75, 3.05) is 6.54 Å². The van der Waals surface area contributed by atoms with E-state index in [1.807, 2.05) is 11.4 Å². The third kappa shape index (κ3) is 3.60. The van der Waals surface area contributed by atoms with Crippen molar-refractivity contribution < 1.29 is 4.39 Å². The van der Waals surface area contributed by atoms with E-state index >= 15 is 0 Å². The fourth-order valence-electron chi connectivity index (χ4n) is 1.59. The van der Waals surface area contributed by atoms with Crippen molar-refractivity contribution in [1.82, 2.24) is 10.3 Å². The number of aromatic nitrogens is 1. The highest BCUT2D eigenvalue weighted by molar-refractivity contribution is 9.10. The summed E-state index contributed by atoms with van der Waals surface area (Å²) < 4.78 is 14.0. The van der Waals surface area contributed by atoms with Gasteiger partial charge < -0.3 is 5.32 Å². The Labute approximate surface area is 118 Å². The first-order valence-corrected chi connectivity index (χ1v) is 7.48. The molecule has 2 nitrogen and oxygen atoms in total. The largest absolute Gasteiger partial charge is 0.311 e. The molecule has 0 unspecified atom stereocenters. The van der Waals surface area contributed by atoms with Crippen LogP contribution in [0.15, 0.2) is 28.1 Å². The van der Waals surface area contributed by atoms with E-state index in [-0.39, 0.29) is 5.82 Å². The predicted molar refractivity (Wildman–Crippen MR) is 77.2 cm³/mol. The van der Waals surface area contributed by atoms with E-state index in [1.54, 1.807) is 0 Å². The summed E-state index contributed by atoms with van der Waals surface area (Å²) in [5.74, 6) is -0.250. The van der Waals surface area contributed by atoms with E-state index in [4.69, 9.17) is 0 Å². The van der Waals surface area contributed by atoms with Crippen LogP contribution >= 0.6 is 27.3 Å². The maximum absolute atomic E-state index is 13.3. The zero-order valence-electron chi connectivity index (χ0n) is 10.0. The van der Waals surface area contributed by atoms with Gasteiger partial charge in [-0.1, -0.05) is 22.9 Å². The summed E-state index contributed by atoms with van der Waals surface area (Å²) in [6.45, 7) is 3.88. The third-order valence-corrected chi connectivity index (χ3v) is 3.79. The lowest BCUT2D eigenvalue weighted by Crippen LogP contribution is -2.13. The average molecular weight is 329 g/mol. The number of benzene rings is 1. The van der Waals surface area contributed by atoms with Crippen LogP contribution in [0, 0.1) is 5.82 Å². The minimum Gasteiger partial charge on any atom is -0.311 e. The first-order chi connectivity index (χ1) is 8.69. The second-order valence-corrected chi connectivity index (χ2v) is 5.75. The van der Waals surface area contributed by atoms with E-state index in [2.05, 4.69) is 33.2 Å². The Morgan fingerprint density at radius 1 is 1.39 bits per heavy atom. The molecule has 5 heteroatoms. The Morgan fingerprint density at radius 3 is 2.94 bits per heavy atom. The molecule has 0 fully saturated rings. The number of thiazole rings is 1. The van der Waals surface area contributed by atoms with Gasteiger partial charge in [0.25, 0.3) is 0 Å². The third-order valence-electron chi connectivity index (χ3n) is 2.39. The normalized spacial score (nSPS) is 10.8. The molecule has 0 aliphatic carbocycles. The van der Waals surface area contributed by atoms with Gasteiger partial charge in [-0.05, 0) is 31.2 Å². The quantitative estimate of drug-likeness (QED) is 0.831. The number of nitrogens with zero attached hydrogens (tertiary/aromatic N) is 1. The molecule has 2 rings (SSSR count). The summed E-state index contributed by atoms with van der Waals surface area (Å²) in [6, 6.07) is 4.83. The fourth-order valence-corrected chi connectivity index (χ4v) is 2.86. The Hall–Kier alpha value is -0.780. The molecular weight excluding hydrogens is 315 g/mol. The van der Waals surface area contributed by atoms with Crippen LogP contribution in [0.2, 0.25) is 0 Å². The molecule has 1 heterocycles. The smallest absolute Gasteiger partial charge is 0.125 e. The van der Waals surface area contributed by atoms with Gasteiger partial charge in [0.1, 0.15) is 10.8 Å². The van der Waals surface area contributed by atoms with Gasteiger partial charge in [0, 0.05) is 22.0 Å². The lowest BCUT2D eigenvalue weighted by Gasteiger charge is -2.00. The molecule has 2 aromatic rings. The molecule has 1 N–H and O–H groups in total. The molecule has 0 amide bonds. The first-order valence-electron chi connectivity index (χ1n) is 5.80. The topological polar surface area (TPSA) is 24.9 Å². The predicted octanol–water partition coefficient (Wildman–Crippen LogP) is 4.21. The standard InChI is InChI=1S/C13H14BrFN2S/c1-2-3-16-7-12-8-18-13(17-12)9-4-10(14)6-11(15)5-9/h4-6,8,16H,2-3,7H2,1H3. The first kappa shape index (κ1) is 13.6. The molecule has 0 bridgehead atoms. The molecule has 1 aromatic carbocycles. The number of hydrogen-bond acceptors (Lipinski definition) is 3. The van der Waals surface area contributed by atoms with Crippen molar-refractivity contribution >= 4 is 27.3 Å². The van der Waals surface area contributed by atoms with Gasteiger partial charge in [0.2, 0.25) is 0 Å². The lowest BCUT2D eigenvalue weighted by molar-refractivity contribution is 0.627. The maximum Gasteiger partial charge on any atom is 0.125 e. The summed E-state index contributed by atoms with van der Waals surface area (Å²) in [6.07, 6.45) is 1.10. The van der Waals surface area contributed by atoms with E-state index in [0.717, 1.165) is 40.2 Å². The fraction of sp³-hybridized carbons (Fsp3) is 0.308. The van der Waals surface area contributed by atoms with Crippen LogP contribution in [-0.4, -0.2) is 11.5 Å². The molecule has 0 saturated heterocycles. The number of hydrogen-bond donors (Lipinski definition) is 1. The summed E-state index contributed by atoms with van der Waals surface area (Å²) in [4.78, 5) is 4.50. The Morgan fingerprint density at radius 2 is 2.22 bits per heavy atom. The van der Waals surface area contributed by atoms with Gasteiger partial charge in [-0.3, -0.25) is 0 Å². The molecule has 0 spiro atoms. The summed E-state index contributed by atoms with van der Waals surface area (Å²) in [5.41, 5.74) is 1.82. The molecular formula is C13H14BrFN2S. The molecule has 0 atom stereocenters. The van der Waals surface area contributed by atoms with E-state index in [9.17, 15) is 4.39 Å². The maximum atomic E-state index is 13.3. The van der Waals surface area contributed by atoms with Gasteiger partial charge in [0.15, 0.2) is 0 Å². The highest BCUT2D eigenvalue weighted by Crippen LogP contribution is 2.27. The van der Waals surface area contributed by atoms with Crippen molar-refractivity contribution in [2.45, 2.75) is 19.9 Å². The van der Waals surface area contributed by atoms with Crippen LogP contribution in [0.1, 0.15) is 19.0 Å². The van der Waals surface area contributed by atoms with Gasteiger partial charge in [-0.25, -0.2) is 9.37 Å². The number of halogens is 2. The minimum absolute atomic E-state index is 0.250. The van der Waals surface area contributed by atoms with Crippen LogP contribution in [0.4, 0.5) is 4.39 Å². The highest BCUT2D eigenvalue weighted by atomic mass is 79.9. The van der Waals surface area contributed by atoms with Crippen LogP contribution in [0.25, 0.3) is 10.6 Å². The second kappa shape index (κ2) is 6.41. The van der Waals surface area contributed by atoms with E-state index in [1.165, 1.54) is 23.5 Å². The van der Waals surface area contributed by atoms with Gasteiger partial charge >= 0.3 is 0 Å². The Bertz CT molecular complexity index is 507. The molecule has 0 aliphatic heterocycles. The number of nitrogens with one attached hydrogen (secondary N) is 1. The molecule has 1 aromatic heterocycles. The van der Waals surface area contributed by atoms with Crippen LogP contribution in [0.3, 0.4) is 0 Å². The monoisotopic (exact) mass is 328 g/mol. The van der Waals surface area contributed by atoms with Crippen LogP contribution in [-0.2, 0) is 6.54 Å². The van der Waals surface area contributed by atoms with Gasteiger partial charge in [-0.2, -0.15) is 0 Å². The van der Waals surface area contributed by atoms with E-state index < -0.39 is 0 Å². The summed E-state index contributed by atoms with van der Waals surface area (Å²) >= 11 is 4.83.